The summed E-state index contributed by atoms with van der Waals surface area (Å²) in [6.07, 6.45) is 12.5. The molecule has 1 heterocycles. The number of para-hydroxylation sites is 1. The maximum atomic E-state index is 11.2. The second-order valence-electron chi connectivity index (χ2n) is 5.51. The molecule has 0 spiro atoms. The number of hydroxylamine groups is 2. The van der Waals surface area contributed by atoms with E-state index in [-0.39, 0.29) is 6.42 Å². The number of hydrogen-bond acceptors (Lipinski definition) is 4. The Morgan fingerprint density at radius 1 is 1.41 bits per heavy atom. The van der Waals surface area contributed by atoms with E-state index in [0.717, 1.165) is 11.3 Å². The highest BCUT2D eigenvalue weighted by Gasteiger charge is 2.39. The molecule has 1 unspecified atom stereocenters. The fourth-order valence-corrected chi connectivity index (χ4v) is 2.75. The highest BCUT2D eigenvalue weighted by atomic mass is 16.7. The number of carboxylic acids is 1. The summed E-state index contributed by atoms with van der Waals surface area (Å²) in [5.41, 5.74) is 6.16. The first-order chi connectivity index (χ1) is 10.6. The molecule has 1 aliphatic carbocycles. The van der Waals surface area contributed by atoms with Gasteiger partial charge < -0.3 is 15.7 Å². The van der Waals surface area contributed by atoms with Crippen molar-refractivity contribution in [1.29, 1.82) is 0 Å². The maximum Gasteiger partial charge on any atom is 0.320 e. The SMILES string of the molecule is N[C@@H](CC1(N2C=Cc3ccccc3O2)C=CC=CC1)C(=O)O. The number of hydrogen-bond donors (Lipinski definition) is 2. The van der Waals surface area contributed by atoms with Gasteiger partial charge in [0.2, 0.25) is 0 Å². The van der Waals surface area contributed by atoms with Gasteiger partial charge in [0.15, 0.2) is 5.75 Å². The summed E-state index contributed by atoms with van der Waals surface area (Å²) in [6, 6.07) is 6.75. The van der Waals surface area contributed by atoms with Gasteiger partial charge in [-0.05, 0) is 18.6 Å². The van der Waals surface area contributed by atoms with Crippen LogP contribution in [0.4, 0.5) is 0 Å². The average molecular weight is 298 g/mol. The van der Waals surface area contributed by atoms with E-state index < -0.39 is 17.6 Å². The summed E-state index contributed by atoms with van der Waals surface area (Å²) in [4.78, 5) is 17.1. The topological polar surface area (TPSA) is 75.8 Å². The molecule has 1 aliphatic heterocycles. The standard InChI is InChI=1S/C17H18N2O3/c18-14(16(20)21)12-17(9-4-1-5-10-17)19-11-8-13-6-2-3-7-15(13)22-19/h1-9,11,14H,10,12,18H2,(H,20,21)/t14-,17?/m0/s1. The Bertz CT molecular complexity index is 666. The summed E-state index contributed by atoms with van der Waals surface area (Å²) in [7, 11) is 0. The largest absolute Gasteiger partial charge is 0.480 e. The quantitative estimate of drug-likeness (QED) is 0.892. The predicted octanol–water partition coefficient (Wildman–Crippen LogP) is 2.32. The van der Waals surface area contributed by atoms with E-state index in [4.69, 9.17) is 15.7 Å². The third-order valence-corrected chi connectivity index (χ3v) is 3.96. The first-order valence-electron chi connectivity index (χ1n) is 7.18. The number of nitrogens with two attached hydrogens (primary N) is 1. The molecule has 0 bridgehead atoms. The number of rotatable bonds is 4. The Balaban J connectivity index is 1.90. The van der Waals surface area contributed by atoms with Gasteiger partial charge in [-0.3, -0.25) is 4.79 Å². The van der Waals surface area contributed by atoms with Crippen LogP contribution in [0.1, 0.15) is 18.4 Å². The van der Waals surface area contributed by atoms with Crippen LogP contribution >= 0.6 is 0 Å². The van der Waals surface area contributed by atoms with Crippen LogP contribution in [0.3, 0.4) is 0 Å². The first kappa shape index (κ1) is 14.4. The van der Waals surface area contributed by atoms with Gasteiger partial charge >= 0.3 is 5.97 Å². The van der Waals surface area contributed by atoms with Crippen molar-refractivity contribution >= 4 is 12.0 Å². The van der Waals surface area contributed by atoms with Gasteiger partial charge in [-0.25, -0.2) is 5.06 Å². The molecule has 5 heteroatoms. The molecule has 3 rings (SSSR count). The van der Waals surface area contributed by atoms with Crippen LogP contribution in [-0.2, 0) is 4.79 Å². The van der Waals surface area contributed by atoms with Crippen LogP contribution in [0.15, 0.2) is 54.8 Å². The number of carbonyl (C=O) groups is 1. The number of nitrogens with zero attached hydrogens (tertiary/aromatic N) is 1. The Hall–Kier alpha value is -2.53. The molecule has 2 atom stereocenters. The minimum atomic E-state index is -1.01. The molecule has 1 aromatic rings. The van der Waals surface area contributed by atoms with E-state index >= 15 is 0 Å². The van der Waals surface area contributed by atoms with E-state index in [1.807, 2.05) is 60.8 Å². The van der Waals surface area contributed by atoms with Gasteiger partial charge in [-0.15, -0.1) is 0 Å². The Morgan fingerprint density at radius 3 is 2.95 bits per heavy atom. The zero-order valence-corrected chi connectivity index (χ0v) is 12.1. The van der Waals surface area contributed by atoms with E-state index in [1.54, 1.807) is 5.06 Å². The molecule has 0 fully saturated rings. The maximum absolute atomic E-state index is 11.2. The molecular formula is C17H18N2O3. The van der Waals surface area contributed by atoms with E-state index in [2.05, 4.69) is 0 Å². The molecule has 0 amide bonds. The first-order valence-corrected chi connectivity index (χ1v) is 7.18. The summed E-state index contributed by atoms with van der Waals surface area (Å²) >= 11 is 0. The van der Waals surface area contributed by atoms with Crippen molar-refractivity contribution < 1.29 is 14.7 Å². The van der Waals surface area contributed by atoms with Gasteiger partial charge in [0.1, 0.15) is 11.6 Å². The van der Waals surface area contributed by atoms with Crippen molar-refractivity contribution in [3.63, 3.8) is 0 Å². The zero-order chi connectivity index (χ0) is 15.6. The molecule has 114 valence electrons. The van der Waals surface area contributed by atoms with Crippen LogP contribution in [-0.4, -0.2) is 27.7 Å². The highest BCUT2D eigenvalue weighted by Crippen LogP contribution is 2.35. The molecule has 0 radical (unpaired) electrons. The lowest BCUT2D eigenvalue weighted by molar-refractivity contribution is -0.141. The van der Waals surface area contributed by atoms with Crippen LogP contribution in [0, 0.1) is 0 Å². The van der Waals surface area contributed by atoms with Crippen LogP contribution < -0.4 is 10.6 Å². The molecule has 1 aromatic carbocycles. The van der Waals surface area contributed by atoms with Crippen molar-refractivity contribution in [1.82, 2.24) is 5.06 Å². The normalized spacial score (nSPS) is 23.8. The molecule has 3 N–H and O–H groups in total. The zero-order valence-electron chi connectivity index (χ0n) is 12.1. The predicted molar refractivity (Wildman–Crippen MR) is 83.8 cm³/mol. The van der Waals surface area contributed by atoms with Crippen LogP contribution in [0.5, 0.6) is 5.75 Å². The van der Waals surface area contributed by atoms with Gasteiger partial charge in [0.25, 0.3) is 0 Å². The third kappa shape index (κ3) is 2.63. The summed E-state index contributed by atoms with van der Waals surface area (Å²) in [5.74, 6) is -0.264. The molecule has 0 saturated heterocycles. The molecular weight excluding hydrogens is 280 g/mol. The summed E-state index contributed by atoms with van der Waals surface area (Å²) in [5, 5.41) is 10.8. The fraction of sp³-hybridized carbons (Fsp3) is 0.235. The van der Waals surface area contributed by atoms with Crippen molar-refractivity contribution in [3.8, 4) is 5.75 Å². The van der Waals surface area contributed by atoms with Crippen molar-refractivity contribution in [2.45, 2.75) is 24.4 Å². The second kappa shape index (κ2) is 5.69. The van der Waals surface area contributed by atoms with Crippen LogP contribution in [0.25, 0.3) is 6.08 Å². The van der Waals surface area contributed by atoms with Crippen molar-refractivity contribution in [2.75, 3.05) is 0 Å². The minimum Gasteiger partial charge on any atom is -0.480 e. The number of allylic oxidation sites excluding steroid dienone is 2. The number of fused-ring (bicyclic) bond motifs is 1. The minimum absolute atomic E-state index is 0.260. The molecule has 0 saturated carbocycles. The Kier molecular flexibility index (Phi) is 3.73. The van der Waals surface area contributed by atoms with Crippen molar-refractivity contribution in [2.24, 2.45) is 5.73 Å². The van der Waals surface area contributed by atoms with E-state index in [1.165, 1.54) is 0 Å². The van der Waals surface area contributed by atoms with E-state index in [9.17, 15) is 4.79 Å². The number of benzene rings is 1. The van der Waals surface area contributed by atoms with Crippen LogP contribution in [0.2, 0.25) is 0 Å². The van der Waals surface area contributed by atoms with Gasteiger partial charge in [-0.1, -0.05) is 42.5 Å². The van der Waals surface area contributed by atoms with Gasteiger partial charge in [0, 0.05) is 18.2 Å². The average Bonchev–Trinajstić information content (AvgIpc) is 2.55. The molecule has 0 aromatic heterocycles. The van der Waals surface area contributed by atoms with E-state index in [0.29, 0.717) is 6.42 Å². The summed E-state index contributed by atoms with van der Waals surface area (Å²) < 4.78 is 0. The lowest BCUT2D eigenvalue weighted by Crippen LogP contribution is -2.52. The lowest BCUT2D eigenvalue weighted by atomic mass is 9.84. The fourth-order valence-electron chi connectivity index (χ4n) is 2.75. The second-order valence-corrected chi connectivity index (χ2v) is 5.51. The molecule has 5 nitrogen and oxygen atoms in total. The molecule has 2 aliphatic rings. The van der Waals surface area contributed by atoms with Gasteiger partial charge in [-0.2, -0.15) is 0 Å². The Morgan fingerprint density at radius 2 is 2.23 bits per heavy atom. The summed E-state index contributed by atoms with van der Waals surface area (Å²) in [6.45, 7) is 0. The number of carboxylic acid groups (broad SMARTS) is 1. The lowest BCUT2D eigenvalue weighted by Gasteiger charge is -2.42. The third-order valence-electron chi connectivity index (χ3n) is 3.96. The molecule has 22 heavy (non-hydrogen) atoms. The van der Waals surface area contributed by atoms with Gasteiger partial charge in [0.05, 0.1) is 0 Å². The number of aliphatic carboxylic acids is 1. The van der Waals surface area contributed by atoms with Crippen molar-refractivity contribution in [3.05, 3.63) is 60.3 Å². The monoisotopic (exact) mass is 298 g/mol. The smallest absolute Gasteiger partial charge is 0.320 e. The Labute approximate surface area is 128 Å². The highest BCUT2D eigenvalue weighted by molar-refractivity contribution is 5.73.